The first-order valence-electron chi connectivity index (χ1n) is 9.01. The quantitative estimate of drug-likeness (QED) is 0.801. The molecule has 2 aromatic heterocycles. The van der Waals surface area contributed by atoms with Crippen LogP contribution in [0.5, 0.6) is 0 Å². The highest BCUT2D eigenvalue weighted by Gasteiger charge is 2.51. The molecule has 2 aliphatic rings. The fourth-order valence-corrected chi connectivity index (χ4v) is 3.67. The molecule has 2 saturated carbocycles. The highest BCUT2D eigenvalue weighted by molar-refractivity contribution is 5.85. The summed E-state index contributed by atoms with van der Waals surface area (Å²) in [6, 6.07) is 7.77. The fourth-order valence-electron chi connectivity index (χ4n) is 3.67. The largest absolute Gasteiger partial charge is 0.393 e. The Balaban J connectivity index is 1.43. The molecular weight excluding hydrogens is 316 g/mol. The summed E-state index contributed by atoms with van der Waals surface area (Å²) in [5.41, 5.74) is 0.655. The van der Waals surface area contributed by atoms with Crippen LogP contribution in [0, 0.1) is 11.3 Å². The van der Waals surface area contributed by atoms with Crippen LogP contribution in [0.25, 0.3) is 0 Å². The van der Waals surface area contributed by atoms with Gasteiger partial charge in [-0.25, -0.2) is 0 Å². The zero-order chi connectivity index (χ0) is 17.3. The normalized spacial score (nSPS) is 25.0. The SMILES string of the molecule is O=C(NC(Cc1ccccn1)C1CC(O)C1)C1(Cn2cccn2)CC1. The Morgan fingerprint density at radius 1 is 1.32 bits per heavy atom. The van der Waals surface area contributed by atoms with Crippen LogP contribution >= 0.6 is 0 Å². The number of aromatic nitrogens is 3. The van der Waals surface area contributed by atoms with Crippen LogP contribution in [0.4, 0.5) is 0 Å². The van der Waals surface area contributed by atoms with E-state index >= 15 is 0 Å². The van der Waals surface area contributed by atoms with E-state index in [9.17, 15) is 9.90 Å². The zero-order valence-electron chi connectivity index (χ0n) is 14.2. The fraction of sp³-hybridized carbons (Fsp3) is 0.526. The van der Waals surface area contributed by atoms with Crippen LogP contribution in [-0.2, 0) is 17.8 Å². The van der Waals surface area contributed by atoms with Crippen molar-refractivity contribution in [3.63, 3.8) is 0 Å². The Hall–Kier alpha value is -2.21. The van der Waals surface area contributed by atoms with Crippen LogP contribution in [0.15, 0.2) is 42.9 Å². The molecule has 0 spiro atoms. The lowest BCUT2D eigenvalue weighted by Gasteiger charge is -2.38. The highest BCUT2D eigenvalue weighted by atomic mass is 16.3. The summed E-state index contributed by atoms with van der Waals surface area (Å²) in [6.07, 6.45) is 9.23. The van der Waals surface area contributed by atoms with Crippen LogP contribution in [-0.4, -0.2) is 37.9 Å². The van der Waals surface area contributed by atoms with Gasteiger partial charge in [0.2, 0.25) is 5.91 Å². The van der Waals surface area contributed by atoms with Gasteiger partial charge in [-0.15, -0.1) is 0 Å². The van der Waals surface area contributed by atoms with E-state index in [-0.39, 0.29) is 23.5 Å². The van der Waals surface area contributed by atoms with Crippen molar-refractivity contribution in [2.75, 3.05) is 0 Å². The van der Waals surface area contributed by atoms with Crippen molar-refractivity contribution >= 4 is 5.91 Å². The Bertz CT molecular complexity index is 706. The lowest BCUT2D eigenvalue weighted by molar-refractivity contribution is -0.128. The molecule has 2 aliphatic carbocycles. The number of carbonyl (C=O) groups excluding carboxylic acids is 1. The molecule has 0 aliphatic heterocycles. The molecule has 4 rings (SSSR count). The minimum atomic E-state index is -0.323. The molecule has 1 unspecified atom stereocenters. The third kappa shape index (κ3) is 3.58. The lowest BCUT2D eigenvalue weighted by atomic mass is 9.75. The summed E-state index contributed by atoms with van der Waals surface area (Å²) < 4.78 is 1.84. The van der Waals surface area contributed by atoms with Crippen LogP contribution in [0.2, 0.25) is 0 Å². The van der Waals surface area contributed by atoms with E-state index in [1.165, 1.54) is 0 Å². The van der Waals surface area contributed by atoms with Gasteiger partial charge in [0.05, 0.1) is 18.1 Å². The van der Waals surface area contributed by atoms with Crippen LogP contribution in [0.1, 0.15) is 31.4 Å². The summed E-state index contributed by atoms with van der Waals surface area (Å²) in [5.74, 6) is 0.437. The number of aliphatic hydroxyl groups is 1. The van der Waals surface area contributed by atoms with Crippen molar-refractivity contribution in [3.05, 3.63) is 48.5 Å². The van der Waals surface area contributed by atoms with Gasteiger partial charge in [-0.2, -0.15) is 5.10 Å². The van der Waals surface area contributed by atoms with Crippen molar-refractivity contribution < 1.29 is 9.90 Å². The van der Waals surface area contributed by atoms with Gasteiger partial charge in [0.1, 0.15) is 0 Å². The zero-order valence-corrected chi connectivity index (χ0v) is 14.2. The Labute approximate surface area is 147 Å². The molecule has 2 heterocycles. The number of carbonyl (C=O) groups is 1. The first kappa shape index (κ1) is 16.3. The second-order valence-corrected chi connectivity index (χ2v) is 7.47. The Morgan fingerprint density at radius 2 is 2.16 bits per heavy atom. The summed E-state index contributed by atoms with van der Waals surface area (Å²) in [6.45, 7) is 0.634. The van der Waals surface area contributed by atoms with Crippen molar-refractivity contribution in [2.24, 2.45) is 11.3 Å². The molecule has 6 heteroatoms. The number of amides is 1. The van der Waals surface area contributed by atoms with Crippen molar-refractivity contribution in [2.45, 2.75) is 50.8 Å². The van der Waals surface area contributed by atoms with Gasteiger partial charge in [0.25, 0.3) is 0 Å². The molecule has 0 radical (unpaired) electrons. The van der Waals surface area contributed by atoms with E-state index in [1.807, 2.05) is 35.1 Å². The summed E-state index contributed by atoms with van der Waals surface area (Å²) in [5, 5.41) is 17.2. The van der Waals surface area contributed by atoms with Gasteiger partial charge >= 0.3 is 0 Å². The maximum absolute atomic E-state index is 12.9. The summed E-state index contributed by atoms with van der Waals surface area (Å²) in [7, 11) is 0. The van der Waals surface area contributed by atoms with Gasteiger partial charge in [0, 0.05) is 36.7 Å². The van der Waals surface area contributed by atoms with E-state index in [0.717, 1.165) is 31.4 Å². The second kappa shape index (κ2) is 6.59. The van der Waals surface area contributed by atoms with Gasteiger partial charge in [-0.05, 0) is 49.8 Å². The average Bonchev–Trinajstić information content (AvgIpc) is 3.19. The summed E-state index contributed by atoms with van der Waals surface area (Å²) >= 11 is 0. The smallest absolute Gasteiger partial charge is 0.228 e. The number of hydrogen-bond acceptors (Lipinski definition) is 4. The molecule has 1 atom stereocenters. The molecule has 2 aromatic rings. The standard InChI is InChI=1S/C19H24N4O2/c24-16-10-14(11-16)17(12-15-4-1-2-7-20-15)22-18(25)19(5-6-19)13-23-9-3-8-21-23/h1-4,7-9,14,16-17,24H,5-6,10-13H2,(H,22,25). The number of pyridine rings is 1. The minimum Gasteiger partial charge on any atom is -0.393 e. The number of aliphatic hydroxyl groups excluding tert-OH is 1. The molecule has 132 valence electrons. The van der Waals surface area contributed by atoms with E-state index in [4.69, 9.17) is 0 Å². The molecule has 2 N–H and O–H groups in total. The molecule has 6 nitrogen and oxygen atoms in total. The average molecular weight is 340 g/mol. The molecule has 25 heavy (non-hydrogen) atoms. The van der Waals surface area contributed by atoms with Crippen LogP contribution in [0.3, 0.4) is 0 Å². The highest BCUT2D eigenvalue weighted by Crippen LogP contribution is 2.47. The first-order valence-corrected chi connectivity index (χ1v) is 9.01. The predicted molar refractivity (Wildman–Crippen MR) is 92.5 cm³/mol. The third-order valence-corrected chi connectivity index (χ3v) is 5.55. The molecule has 0 bridgehead atoms. The molecule has 2 fully saturated rings. The monoisotopic (exact) mass is 340 g/mol. The summed E-state index contributed by atoms with van der Waals surface area (Å²) in [4.78, 5) is 17.3. The van der Waals surface area contributed by atoms with E-state index in [1.54, 1.807) is 12.4 Å². The van der Waals surface area contributed by atoms with Gasteiger partial charge in [0.15, 0.2) is 0 Å². The number of nitrogens with zero attached hydrogens (tertiary/aromatic N) is 3. The van der Waals surface area contributed by atoms with E-state index < -0.39 is 0 Å². The maximum Gasteiger partial charge on any atom is 0.228 e. The minimum absolute atomic E-state index is 0.0286. The molecular formula is C19H24N4O2. The number of nitrogens with one attached hydrogen (secondary N) is 1. The van der Waals surface area contributed by atoms with Gasteiger partial charge < -0.3 is 10.4 Å². The maximum atomic E-state index is 12.9. The van der Waals surface area contributed by atoms with E-state index in [0.29, 0.717) is 18.9 Å². The number of rotatable bonds is 7. The predicted octanol–water partition coefficient (Wildman–Crippen LogP) is 1.56. The van der Waals surface area contributed by atoms with Crippen molar-refractivity contribution in [1.82, 2.24) is 20.1 Å². The molecule has 0 saturated heterocycles. The van der Waals surface area contributed by atoms with Crippen molar-refractivity contribution in [3.8, 4) is 0 Å². The first-order chi connectivity index (χ1) is 12.1. The second-order valence-electron chi connectivity index (χ2n) is 7.47. The van der Waals surface area contributed by atoms with Crippen LogP contribution < -0.4 is 5.32 Å². The van der Waals surface area contributed by atoms with Crippen molar-refractivity contribution in [1.29, 1.82) is 0 Å². The Morgan fingerprint density at radius 3 is 2.76 bits per heavy atom. The topological polar surface area (TPSA) is 80.0 Å². The lowest BCUT2D eigenvalue weighted by Crippen LogP contribution is -2.50. The molecule has 1 amide bonds. The number of hydrogen-bond donors (Lipinski definition) is 2. The van der Waals surface area contributed by atoms with Gasteiger partial charge in [-0.3, -0.25) is 14.5 Å². The van der Waals surface area contributed by atoms with E-state index in [2.05, 4.69) is 15.4 Å². The third-order valence-electron chi connectivity index (χ3n) is 5.55. The molecule has 0 aromatic carbocycles. The van der Waals surface area contributed by atoms with Gasteiger partial charge in [-0.1, -0.05) is 6.07 Å². The Kier molecular flexibility index (Phi) is 4.29.